The normalized spacial score (nSPS) is 17.9. The Morgan fingerprint density at radius 1 is 0.761 bits per heavy atom. The summed E-state index contributed by atoms with van der Waals surface area (Å²) < 4.78 is 43.6. The van der Waals surface area contributed by atoms with E-state index in [4.69, 9.17) is 23.5 Å². The van der Waals surface area contributed by atoms with Crippen LogP contribution in [0.4, 0.5) is 0 Å². The summed E-state index contributed by atoms with van der Waals surface area (Å²) in [6.07, 6.45) is 1.20. The Kier molecular flexibility index (Phi) is 18.3. The van der Waals surface area contributed by atoms with Crippen LogP contribution in [-0.2, 0) is 70.4 Å². The standard InChI is InChI=1S/C17H18N2O6S.C15H22O6S.C13H12N2O3S/c20-14-5-4-12(16(23)18-14)19-8-11-10(17(19)24)2-1-3-13(11)26-7-6-25-9-15(21)22;1-12-5-7-13(8-6-12)22(17,18)20-10-9-19-11-14(16)21-15(2,3)4;16-11-5-4-9(12(17)14-11)15-6-8-7(13(15)18)2-1-3-10(8)19/h1-3,12H,4-9H2,(H,21,22)(H,18,20,23);5-8H,9-11H2,1-4H3;1-3,9,19H,4-6H2,(H,14,16,17). The van der Waals surface area contributed by atoms with E-state index in [0.717, 1.165) is 26.5 Å². The molecular formula is C45H52N4O15S3. The van der Waals surface area contributed by atoms with Crippen LogP contribution in [0.2, 0.25) is 0 Å². The lowest BCUT2D eigenvalue weighted by Crippen LogP contribution is -2.52. The Balaban J connectivity index is 0.000000190. The molecular weight excluding hydrogens is 933 g/mol. The number of nitrogens with one attached hydrogen (secondary N) is 2. The van der Waals surface area contributed by atoms with Gasteiger partial charge in [-0.25, -0.2) is 9.59 Å². The molecule has 4 aliphatic heterocycles. The quantitative estimate of drug-likeness (QED) is 0.0425. The maximum Gasteiger partial charge on any atom is 0.332 e. The third-order valence-corrected chi connectivity index (χ3v) is 13.0. The molecule has 67 heavy (non-hydrogen) atoms. The smallest absolute Gasteiger partial charge is 0.332 e. The Morgan fingerprint density at radius 3 is 1.84 bits per heavy atom. The van der Waals surface area contributed by atoms with Gasteiger partial charge in [0.25, 0.3) is 21.9 Å². The molecule has 3 N–H and O–H groups in total. The van der Waals surface area contributed by atoms with Crippen LogP contribution in [0.1, 0.15) is 83.9 Å². The van der Waals surface area contributed by atoms with Gasteiger partial charge in [0.1, 0.15) is 30.9 Å². The number of piperidine rings is 2. The molecule has 0 saturated carbocycles. The maximum absolute atomic E-state index is 12.7. The van der Waals surface area contributed by atoms with Gasteiger partial charge in [0.15, 0.2) is 0 Å². The van der Waals surface area contributed by atoms with Crippen molar-refractivity contribution in [3.63, 3.8) is 0 Å². The number of carboxylic acids is 1. The largest absolute Gasteiger partial charge is 0.480 e. The van der Waals surface area contributed by atoms with E-state index in [1.807, 2.05) is 19.1 Å². The molecule has 22 heteroatoms. The monoisotopic (exact) mass is 984 g/mol. The highest BCUT2D eigenvalue weighted by Crippen LogP contribution is 2.35. The summed E-state index contributed by atoms with van der Waals surface area (Å²) in [7, 11) is -3.80. The molecule has 0 aromatic heterocycles. The molecule has 0 bridgehead atoms. The molecule has 2 atom stereocenters. The number of hydrogen-bond donors (Lipinski definition) is 4. The lowest BCUT2D eigenvalue weighted by molar-refractivity contribution is -0.160. The first-order chi connectivity index (χ1) is 31.6. The minimum Gasteiger partial charge on any atom is -0.480 e. The molecule has 2 saturated heterocycles. The van der Waals surface area contributed by atoms with Gasteiger partial charge in [0.2, 0.25) is 23.6 Å². The van der Waals surface area contributed by atoms with Gasteiger partial charge in [-0.2, -0.15) is 8.42 Å². The average Bonchev–Trinajstić information content (AvgIpc) is 3.77. The van der Waals surface area contributed by atoms with E-state index < -0.39 is 51.6 Å². The number of carbonyl (C=O) groups is 8. The van der Waals surface area contributed by atoms with Crippen molar-refractivity contribution in [2.45, 2.75) is 98.8 Å². The fraction of sp³-hybridized carbons (Fsp3) is 0.422. The SMILES string of the molecule is Cc1ccc(S(=O)(=O)OCCOCC(=O)OC(C)(C)C)cc1.O=C(O)COCCSc1cccc2c1CN(C1CCC(=O)NC1=O)C2=O.O=C1CCC(N2Cc3c(S)cccc3C2=O)C(=O)N1. The van der Waals surface area contributed by atoms with Gasteiger partial charge >= 0.3 is 11.9 Å². The van der Waals surface area contributed by atoms with Crippen LogP contribution in [0.15, 0.2) is 75.4 Å². The number of thiol groups is 1. The zero-order valence-corrected chi connectivity index (χ0v) is 39.8. The van der Waals surface area contributed by atoms with Crippen molar-refractivity contribution in [2.75, 3.05) is 38.8 Å². The highest BCUT2D eigenvalue weighted by Gasteiger charge is 2.41. The number of esters is 1. The molecule has 2 unspecified atom stereocenters. The highest BCUT2D eigenvalue weighted by molar-refractivity contribution is 7.99. The minimum atomic E-state index is -3.80. The molecule has 360 valence electrons. The van der Waals surface area contributed by atoms with Crippen LogP contribution in [0, 0.1) is 6.92 Å². The summed E-state index contributed by atoms with van der Waals surface area (Å²) in [6.45, 7) is 7.32. The Bertz CT molecular complexity index is 2490. The highest BCUT2D eigenvalue weighted by atomic mass is 32.2. The Morgan fingerprint density at radius 2 is 1.30 bits per heavy atom. The minimum absolute atomic E-state index is 0.0235. The summed E-state index contributed by atoms with van der Waals surface area (Å²) in [5.41, 5.74) is 3.24. The number of amides is 6. The number of carboxylic acid groups (broad SMARTS) is 1. The topological polar surface area (TPSA) is 258 Å². The fourth-order valence-corrected chi connectivity index (χ4v) is 9.25. The zero-order chi connectivity index (χ0) is 49.1. The van der Waals surface area contributed by atoms with E-state index in [-0.39, 0.29) is 74.4 Å². The molecule has 3 aromatic rings. The van der Waals surface area contributed by atoms with Gasteiger partial charge in [-0.15, -0.1) is 24.4 Å². The number of nitrogens with zero attached hydrogens (tertiary/aromatic N) is 2. The summed E-state index contributed by atoms with van der Waals surface area (Å²) in [6, 6.07) is 15.9. The van der Waals surface area contributed by atoms with Gasteiger partial charge in [0, 0.05) is 52.6 Å². The lowest BCUT2D eigenvalue weighted by atomic mass is 10.0. The second-order valence-electron chi connectivity index (χ2n) is 16.4. The third-order valence-electron chi connectivity index (χ3n) is 10.2. The van der Waals surface area contributed by atoms with Crippen molar-refractivity contribution in [3.8, 4) is 0 Å². The second-order valence-corrected chi connectivity index (χ2v) is 19.6. The predicted octanol–water partition coefficient (Wildman–Crippen LogP) is 3.44. The molecule has 0 spiro atoms. The zero-order valence-electron chi connectivity index (χ0n) is 37.2. The number of carbonyl (C=O) groups excluding carboxylic acids is 7. The molecule has 4 heterocycles. The van der Waals surface area contributed by atoms with E-state index in [9.17, 15) is 46.8 Å². The molecule has 7 rings (SSSR count). The third kappa shape index (κ3) is 14.7. The van der Waals surface area contributed by atoms with E-state index in [1.54, 1.807) is 57.2 Å². The average molecular weight is 985 g/mol. The van der Waals surface area contributed by atoms with Crippen molar-refractivity contribution < 1.29 is 70.3 Å². The van der Waals surface area contributed by atoms with Gasteiger partial charge in [0.05, 0.1) is 24.7 Å². The van der Waals surface area contributed by atoms with Crippen LogP contribution in [0.25, 0.3) is 0 Å². The molecule has 0 radical (unpaired) electrons. The number of ether oxygens (including phenoxy) is 3. The van der Waals surface area contributed by atoms with Crippen molar-refractivity contribution in [1.29, 1.82) is 0 Å². The van der Waals surface area contributed by atoms with Crippen molar-refractivity contribution in [2.24, 2.45) is 0 Å². The first kappa shape index (κ1) is 52.3. The van der Waals surface area contributed by atoms with E-state index >= 15 is 0 Å². The lowest BCUT2D eigenvalue weighted by Gasteiger charge is -2.29. The van der Waals surface area contributed by atoms with Crippen LogP contribution in [-0.4, -0.2) is 127 Å². The molecule has 4 aliphatic rings. The first-order valence-corrected chi connectivity index (χ1v) is 23.9. The number of fused-ring (bicyclic) bond motifs is 2. The molecule has 19 nitrogen and oxygen atoms in total. The molecule has 0 aliphatic carbocycles. The second kappa shape index (κ2) is 23.4. The molecule has 3 aromatic carbocycles. The van der Waals surface area contributed by atoms with E-state index in [2.05, 4.69) is 23.3 Å². The van der Waals surface area contributed by atoms with E-state index in [1.165, 1.54) is 33.7 Å². The summed E-state index contributed by atoms with van der Waals surface area (Å²) in [5.74, 6) is -2.75. The number of hydrogen-bond acceptors (Lipinski definition) is 16. The van der Waals surface area contributed by atoms with E-state index in [0.29, 0.717) is 42.8 Å². The number of aryl methyl sites for hydroxylation is 1. The Labute approximate surface area is 397 Å². The Hall–Kier alpha value is -5.65. The molecule has 2 fully saturated rings. The van der Waals surface area contributed by atoms with Crippen molar-refractivity contribution in [3.05, 3.63) is 88.5 Å². The summed E-state index contributed by atoms with van der Waals surface area (Å²) in [5, 5.41) is 13.1. The van der Waals surface area contributed by atoms with Gasteiger partial charge in [-0.3, -0.25) is 43.6 Å². The van der Waals surface area contributed by atoms with Crippen LogP contribution in [0.5, 0.6) is 0 Å². The number of thioether (sulfide) groups is 1. The van der Waals surface area contributed by atoms with Gasteiger partial charge in [-0.05, 0) is 88.1 Å². The van der Waals surface area contributed by atoms with Crippen molar-refractivity contribution in [1.82, 2.24) is 20.4 Å². The summed E-state index contributed by atoms with van der Waals surface area (Å²) in [4.78, 5) is 97.9. The maximum atomic E-state index is 12.7. The van der Waals surface area contributed by atoms with Crippen LogP contribution < -0.4 is 10.6 Å². The van der Waals surface area contributed by atoms with Gasteiger partial charge < -0.3 is 29.1 Å². The number of benzene rings is 3. The fourth-order valence-electron chi connectivity index (χ4n) is 7.13. The first-order valence-electron chi connectivity index (χ1n) is 21.0. The van der Waals surface area contributed by atoms with Gasteiger partial charge in [-0.1, -0.05) is 29.8 Å². The predicted molar refractivity (Wildman–Crippen MR) is 242 cm³/mol. The number of aliphatic carboxylic acids is 1. The van der Waals surface area contributed by atoms with Crippen LogP contribution in [0.3, 0.4) is 0 Å². The number of imide groups is 2. The summed E-state index contributed by atoms with van der Waals surface area (Å²) >= 11 is 5.81. The molecule has 6 amide bonds. The van der Waals surface area contributed by atoms with Crippen molar-refractivity contribution >= 4 is 81.9 Å². The number of rotatable bonds is 15. The van der Waals surface area contributed by atoms with Crippen LogP contribution >= 0.6 is 24.4 Å².